The van der Waals surface area contributed by atoms with Crippen LogP contribution in [0.25, 0.3) is 0 Å². The Morgan fingerprint density at radius 2 is 2.06 bits per heavy atom. The first-order valence-electron chi connectivity index (χ1n) is 5.24. The van der Waals surface area contributed by atoms with Crippen molar-refractivity contribution < 1.29 is 18.0 Å². The molecule has 0 saturated heterocycles. The maximum Gasteiger partial charge on any atom is 0.406 e. The first kappa shape index (κ1) is 12.5. The highest BCUT2D eigenvalue weighted by molar-refractivity contribution is 5.87. The summed E-state index contributed by atoms with van der Waals surface area (Å²) in [5.41, 5.74) is 6.82. The molecular formula is C11H12F3N3O. The number of fused-ring (bicyclic) bond motifs is 1. The Hall–Kier alpha value is -1.92. The van der Waals surface area contributed by atoms with Gasteiger partial charge in [-0.1, -0.05) is 0 Å². The second kappa shape index (κ2) is 4.08. The molecule has 1 aromatic carbocycles. The van der Waals surface area contributed by atoms with E-state index >= 15 is 0 Å². The Morgan fingerprint density at radius 3 is 2.61 bits per heavy atom. The van der Waals surface area contributed by atoms with Gasteiger partial charge in [-0.2, -0.15) is 13.2 Å². The zero-order valence-electron chi connectivity index (χ0n) is 9.61. The molecule has 1 aliphatic rings. The molecule has 7 heteroatoms. The summed E-state index contributed by atoms with van der Waals surface area (Å²) < 4.78 is 37.6. The number of alkyl halides is 3. The van der Waals surface area contributed by atoms with Gasteiger partial charge >= 0.3 is 6.18 Å². The second-order valence-corrected chi connectivity index (χ2v) is 4.15. The van der Waals surface area contributed by atoms with Gasteiger partial charge in [0, 0.05) is 12.7 Å². The molecule has 0 radical (unpaired) electrons. The maximum absolute atomic E-state index is 12.5. The van der Waals surface area contributed by atoms with Gasteiger partial charge in [0.05, 0.1) is 11.4 Å². The fourth-order valence-corrected chi connectivity index (χ4v) is 2.10. The Bertz CT molecular complexity index is 475. The number of anilines is 3. The van der Waals surface area contributed by atoms with Crippen LogP contribution < -0.4 is 15.5 Å². The van der Waals surface area contributed by atoms with Crippen molar-refractivity contribution in [2.24, 2.45) is 0 Å². The van der Waals surface area contributed by atoms with Crippen LogP contribution in [0, 0.1) is 0 Å². The zero-order chi connectivity index (χ0) is 13.5. The van der Waals surface area contributed by atoms with Crippen molar-refractivity contribution in [3.05, 3.63) is 18.2 Å². The number of rotatable bonds is 2. The fraction of sp³-hybridized carbons (Fsp3) is 0.364. The van der Waals surface area contributed by atoms with E-state index in [1.807, 2.05) is 0 Å². The van der Waals surface area contributed by atoms with Crippen molar-refractivity contribution >= 4 is 23.3 Å². The van der Waals surface area contributed by atoms with Gasteiger partial charge < -0.3 is 15.5 Å². The van der Waals surface area contributed by atoms with Crippen LogP contribution in [0.4, 0.5) is 30.2 Å². The quantitative estimate of drug-likeness (QED) is 0.647. The van der Waals surface area contributed by atoms with Crippen LogP contribution >= 0.6 is 0 Å². The number of nitrogen functional groups attached to an aromatic ring is 1. The Labute approximate surface area is 102 Å². The van der Waals surface area contributed by atoms with Gasteiger partial charge in [-0.25, -0.2) is 0 Å². The molecule has 4 nitrogen and oxygen atoms in total. The molecule has 1 unspecified atom stereocenters. The third-order valence-electron chi connectivity index (χ3n) is 2.88. The number of hydrogen-bond donors (Lipinski definition) is 1. The molecule has 0 amide bonds. The van der Waals surface area contributed by atoms with Crippen molar-refractivity contribution in [1.82, 2.24) is 0 Å². The topological polar surface area (TPSA) is 49.6 Å². The van der Waals surface area contributed by atoms with E-state index in [-0.39, 0.29) is 0 Å². The number of hydrogen-bond acceptors (Lipinski definition) is 4. The molecule has 2 rings (SSSR count). The highest BCUT2D eigenvalue weighted by Crippen LogP contribution is 2.40. The molecule has 1 aliphatic heterocycles. The largest absolute Gasteiger partial charge is 0.406 e. The van der Waals surface area contributed by atoms with E-state index in [2.05, 4.69) is 0 Å². The number of aldehydes is 1. The van der Waals surface area contributed by atoms with Crippen molar-refractivity contribution in [3.8, 4) is 0 Å². The van der Waals surface area contributed by atoms with Crippen LogP contribution in [0.5, 0.6) is 0 Å². The van der Waals surface area contributed by atoms with Crippen LogP contribution in [-0.2, 0) is 4.79 Å². The van der Waals surface area contributed by atoms with E-state index in [9.17, 15) is 18.0 Å². The minimum atomic E-state index is -4.38. The summed E-state index contributed by atoms with van der Waals surface area (Å²) in [6.07, 6.45) is -4.85. The fourth-order valence-electron chi connectivity index (χ4n) is 2.10. The van der Waals surface area contributed by atoms with Crippen molar-refractivity contribution in [2.45, 2.75) is 12.3 Å². The molecule has 0 saturated carbocycles. The number of carbonyl (C=O) groups excluding carboxylic acids is 1. The van der Waals surface area contributed by atoms with E-state index in [1.54, 1.807) is 19.2 Å². The minimum absolute atomic E-state index is 0.326. The van der Waals surface area contributed by atoms with Crippen molar-refractivity contribution in [2.75, 3.05) is 29.1 Å². The third kappa shape index (κ3) is 2.07. The third-order valence-corrected chi connectivity index (χ3v) is 2.88. The van der Waals surface area contributed by atoms with Gasteiger partial charge in [0.2, 0.25) is 0 Å². The summed E-state index contributed by atoms with van der Waals surface area (Å²) >= 11 is 0. The zero-order valence-corrected chi connectivity index (χ0v) is 9.61. The molecule has 1 heterocycles. The first-order valence-corrected chi connectivity index (χ1v) is 5.24. The average Bonchev–Trinajstić information content (AvgIpc) is 2.49. The summed E-state index contributed by atoms with van der Waals surface area (Å²) in [6.45, 7) is -1.18. The predicted octanol–water partition coefficient (Wildman–Crippen LogP) is 1.61. The predicted molar refractivity (Wildman–Crippen MR) is 62.5 cm³/mol. The molecule has 0 aliphatic carbocycles. The smallest absolute Gasteiger partial charge is 0.399 e. The van der Waals surface area contributed by atoms with Gasteiger partial charge in [0.15, 0.2) is 12.5 Å². The van der Waals surface area contributed by atoms with Gasteiger partial charge in [0.25, 0.3) is 0 Å². The van der Waals surface area contributed by atoms with Crippen LogP contribution in [-0.4, -0.2) is 32.2 Å². The lowest BCUT2D eigenvalue weighted by atomic mass is 10.2. The molecule has 0 spiro atoms. The van der Waals surface area contributed by atoms with Gasteiger partial charge in [0.1, 0.15) is 6.54 Å². The maximum atomic E-state index is 12.5. The lowest BCUT2D eigenvalue weighted by Crippen LogP contribution is -2.46. The molecule has 0 bridgehead atoms. The minimum Gasteiger partial charge on any atom is -0.399 e. The number of halogens is 3. The standard InChI is InChI=1S/C11H12F3N3O/c1-16-8-3-2-7(15)4-9(8)17(10(16)5-18)6-11(12,13)14/h2-5,10H,6,15H2,1H3. The van der Waals surface area contributed by atoms with Crippen LogP contribution in [0.3, 0.4) is 0 Å². The molecular weight excluding hydrogens is 247 g/mol. The number of benzene rings is 1. The number of nitrogens with two attached hydrogens (primary N) is 1. The summed E-state index contributed by atoms with van der Waals surface area (Å²) in [5.74, 6) is 0. The van der Waals surface area contributed by atoms with E-state index in [1.165, 1.54) is 11.0 Å². The first-order chi connectivity index (χ1) is 8.33. The lowest BCUT2D eigenvalue weighted by Gasteiger charge is -2.27. The second-order valence-electron chi connectivity index (χ2n) is 4.15. The van der Waals surface area contributed by atoms with Crippen LogP contribution in [0.2, 0.25) is 0 Å². The summed E-state index contributed by atoms with van der Waals surface area (Å²) in [5, 5.41) is 0. The van der Waals surface area contributed by atoms with E-state index in [4.69, 9.17) is 5.73 Å². The Morgan fingerprint density at radius 1 is 1.39 bits per heavy atom. The molecule has 98 valence electrons. The van der Waals surface area contributed by atoms with Gasteiger partial charge in [-0.3, -0.25) is 4.79 Å². The SMILES string of the molecule is CN1c2ccc(N)cc2N(CC(F)(F)F)C1C=O. The van der Waals surface area contributed by atoms with E-state index in [0.29, 0.717) is 23.3 Å². The van der Waals surface area contributed by atoms with Crippen LogP contribution in [0.15, 0.2) is 18.2 Å². The number of nitrogens with zero attached hydrogens (tertiary/aromatic N) is 2. The van der Waals surface area contributed by atoms with Crippen molar-refractivity contribution in [3.63, 3.8) is 0 Å². The monoisotopic (exact) mass is 259 g/mol. The van der Waals surface area contributed by atoms with E-state index < -0.39 is 18.9 Å². The lowest BCUT2D eigenvalue weighted by molar-refractivity contribution is -0.121. The van der Waals surface area contributed by atoms with Gasteiger partial charge in [-0.15, -0.1) is 0 Å². The number of likely N-dealkylation sites (N-methyl/N-ethyl adjacent to an activating group) is 1. The summed E-state index contributed by atoms with van der Waals surface area (Å²) in [7, 11) is 1.57. The molecule has 1 atom stereocenters. The average molecular weight is 259 g/mol. The van der Waals surface area contributed by atoms with Crippen LogP contribution in [0.1, 0.15) is 0 Å². The molecule has 1 aromatic rings. The molecule has 18 heavy (non-hydrogen) atoms. The molecule has 0 aromatic heterocycles. The van der Waals surface area contributed by atoms with Gasteiger partial charge in [-0.05, 0) is 18.2 Å². The molecule has 0 fully saturated rings. The summed E-state index contributed by atoms with van der Waals surface area (Å²) in [4.78, 5) is 13.5. The Balaban J connectivity index is 2.44. The summed E-state index contributed by atoms with van der Waals surface area (Å²) in [6, 6.07) is 4.65. The highest BCUT2D eigenvalue weighted by Gasteiger charge is 2.40. The molecule has 2 N–H and O–H groups in total. The highest BCUT2D eigenvalue weighted by atomic mass is 19.4. The number of carbonyl (C=O) groups is 1. The normalized spacial score (nSPS) is 19.0. The van der Waals surface area contributed by atoms with E-state index in [0.717, 1.165) is 4.90 Å². The Kier molecular flexibility index (Phi) is 2.84. The van der Waals surface area contributed by atoms with Crippen molar-refractivity contribution in [1.29, 1.82) is 0 Å².